The van der Waals surface area contributed by atoms with Crippen molar-refractivity contribution in [1.82, 2.24) is 20.2 Å². The Balaban J connectivity index is 1.55. The Morgan fingerprint density at radius 1 is 1.24 bits per heavy atom. The molecule has 0 saturated heterocycles. The number of benzene rings is 1. The molecule has 1 aliphatic heterocycles. The number of nitrogens with zero attached hydrogens (tertiary/aromatic N) is 2. The van der Waals surface area contributed by atoms with Gasteiger partial charge in [-0.25, -0.2) is 9.78 Å². The Hall–Kier alpha value is -2.70. The molecule has 2 heterocycles. The minimum atomic E-state index is -0.202. The zero-order chi connectivity index (χ0) is 17.6. The Kier molecular flexibility index (Phi) is 5.42. The molecule has 25 heavy (non-hydrogen) atoms. The van der Waals surface area contributed by atoms with E-state index in [0.717, 1.165) is 23.5 Å². The highest BCUT2D eigenvalue weighted by molar-refractivity contribution is 5.74. The molecule has 2 amide bonds. The average Bonchev–Trinajstić information content (AvgIpc) is 2.96. The van der Waals surface area contributed by atoms with E-state index in [2.05, 4.69) is 15.6 Å². The van der Waals surface area contributed by atoms with Gasteiger partial charge in [0.15, 0.2) is 11.5 Å². The van der Waals surface area contributed by atoms with E-state index < -0.39 is 0 Å². The molecule has 7 heteroatoms. The molecule has 0 radical (unpaired) electrons. The van der Waals surface area contributed by atoms with Crippen molar-refractivity contribution >= 4 is 6.03 Å². The third-order valence-corrected chi connectivity index (χ3v) is 4.04. The number of imidazole rings is 1. The van der Waals surface area contributed by atoms with Crippen LogP contribution in [0.2, 0.25) is 0 Å². The van der Waals surface area contributed by atoms with E-state index in [9.17, 15) is 4.79 Å². The van der Waals surface area contributed by atoms with Crippen molar-refractivity contribution in [1.29, 1.82) is 0 Å². The van der Waals surface area contributed by atoms with E-state index in [4.69, 9.17) is 9.47 Å². The van der Waals surface area contributed by atoms with Gasteiger partial charge in [0.05, 0.1) is 25.6 Å². The third-order valence-electron chi connectivity index (χ3n) is 4.04. The van der Waals surface area contributed by atoms with Gasteiger partial charge in [-0.1, -0.05) is 6.07 Å². The van der Waals surface area contributed by atoms with Crippen LogP contribution >= 0.6 is 0 Å². The fourth-order valence-electron chi connectivity index (χ4n) is 2.75. The SMILES string of the molecule is C[C@H](Cn1ccnc1)NC(=O)N[C@@H](C)c1ccc2c(c1)OCCCO2. The van der Waals surface area contributed by atoms with Crippen LogP contribution in [0.4, 0.5) is 4.79 Å². The van der Waals surface area contributed by atoms with Crippen molar-refractivity contribution in [3.8, 4) is 11.5 Å². The molecule has 2 N–H and O–H groups in total. The summed E-state index contributed by atoms with van der Waals surface area (Å²) in [4.78, 5) is 16.2. The summed E-state index contributed by atoms with van der Waals surface area (Å²) in [6, 6.07) is 5.43. The average molecular weight is 344 g/mol. The van der Waals surface area contributed by atoms with Crippen molar-refractivity contribution in [2.75, 3.05) is 13.2 Å². The van der Waals surface area contributed by atoms with Gasteiger partial charge in [-0.05, 0) is 31.5 Å². The zero-order valence-electron chi connectivity index (χ0n) is 14.6. The van der Waals surface area contributed by atoms with E-state index in [-0.39, 0.29) is 18.1 Å². The minimum absolute atomic E-state index is 0.00909. The first kappa shape index (κ1) is 17.1. The number of aromatic nitrogens is 2. The Bertz CT molecular complexity index is 702. The summed E-state index contributed by atoms with van der Waals surface area (Å²) in [5, 5.41) is 5.89. The zero-order valence-corrected chi connectivity index (χ0v) is 14.6. The van der Waals surface area contributed by atoms with Gasteiger partial charge in [-0.2, -0.15) is 0 Å². The van der Waals surface area contributed by atoms with Crippen molar-refractivity contribution in [2.45, 2.75) is 38.9 Å². The van der Waals surface area contributed by atoms with Gasteiger partial charge in [-0.15, -0.1) is 0 Å². The summed E-state index contributed by atoms with van der Waals surface area (Å²) in [6.07, 6.45) is 6.20. The Morgan fingerprint density at radius 3 is 2.80 bits per heavy atom. The van der Waals surface area contributed by atoms with Crippen LogP contribution in [0.25, 0.3) is 0 Å². The molecule has 2 aromatic rings. The second-order valence-electron chi connectivity index (χ2n) is 6.26. The van der Waals surface area contributed by atoms with Gasteiger partial charge in [0.25, 0.3) is 0 Å². The minimum Gasteiger partial charge on any atom is -0.490 e. The van der Waals surface area contributed by atoms with Gasteiger partial charge in [0, 0.05) is 31.4 Å². The normalized spacial score (nSPS) is 15.8. The lowest BCUT2D eigenvalue weighted by molar-refractivity contribution is 0.233. The predicted molar refractivity (Wildman–Crippen MR) is 93.8 cm³/mol. The van der Waals surface area contributed by atoms with Crippen LogP contribution in [0.15, 0.2) is 36.9 Å². The standard InChI is InChI=1S/C18H24N4O3/c1-13(11-22-7-6-19-12-22)20-18(23)21-14(2)15-4-5-16-17(10-15)25-9-3-8-24-16/h4-7,10,12-14H,3,8-9,11H2,1-2H3,(H2,20,21,23)/t13-,14+/m1/s1. The highest BCUT2D eigenvalue weighted by Crippen LogP contribution is 2.32. The van der Waals surface area contributed by atoms with Crippen LogP contribution in [0.3, 0.4) is 0 Å². The number of urea groups is 1. The topological polar surface area (TPSA) is 77.4 Å². The van der Waals surface area contributed by atoms with Gasteiger partial charge < -0.3 is 24.7 Å². The number of nitrogens with one attached hydrogen (secondary N) is 2. The number of hydrogen-bond donors (Lipinski definition) is 2. The molecule has 1 aromatic heterocycles. The van der Waals surface area contributed by atoms with E-state index >= 15 is 0 Å². The number of carbonyl (C=O) groups is 1. The molecule has 7 nitrogen and oxygen atoms in total. The number of hydrogen-bond acceptors (Lipinski definition) is 4. The van der Waals surface area contributed by atoms with Gasteiger partial charge >= 0.3 is 6.03 Å². The predicted octanol–water partition coefficient (Wildman–Crippen LogP) is 2.49. The third kappa shape index (κ3) is 4.65. The first-order valence-electron chi connectivity index (χ1n) is 8.54. The first-order valence-corrected chi connectivity index (χ1v) is 8.54. The number of ether oxygens (including phenoxy) is 2. The Morgan fingerprint density at radius 2 is 2.04 bits per heavy atom. The molecular weight excluding hydrogens is 320 g/mol. The second kappa shape index (κ2) is 7.92. The molecular formula is C18H24N4O3. The lowest BCUT2D eigenvalue weighted by Crippen LogP contribution is -2.43. The molecule has 0 saturated carbocycles. The highest BCUT2D eigenvalue weighted by atomic mass is 16.5. The molecule has 0 aliphatic carbocycles. The highest BCUT2D eigenvalue weighted by Gasteiger charge is 2.16. The van der Waals surface area contributed by atoms with Gasteiger partial charge in [0.1, 0.15) is 0 Å². The molecule has 134 valence electrons. The van der Waals surface area contributed by atoms with E-state index in [1.807, 2.05) is 42.8 Å². The first-order chi connectivity index (χ1) is 12.1. The van der Waals surface area contributed by atoms with E-state index in [1.165, 1.54) is 0 Å². The summed E-state index contributed by atoms with van der Waals surface area (Å²) in [5.74, 6) is 1.49. The lowest BCUT2D eigenvalue weighted by atomic mass is 10.1. The number of carbonyl (C=O) groups excluding carboxylic acids is 1. The van der Waals surface area contributed by atoms with Gasteiger partial charge in [-0.3, -0.25) is 0 Å². The molecule has 0 bridgehead atoms. The summed E-state index contributed by atoms with van der Waals surface area (Å²) in [6.45, 7) is 5.88. The van der Waals surface area contributed by atoms with E-state index in [0.29, 0.717) is 19.8 Å². The fourth-order valence-corrected chi connectivity index (χ4v) is 2.75. The summed E-state index contributed by atoms with van der Waals surface area (Å²) < 4.78 is 13.3. The fraction of sp³-hybridized carbons (Fsp3) is 0.444. The molecule has 1 aliphatic rings. The quantitative estimate of drug-likeness (QED) is 0.874. The molecule has 1 aromatic carbocycles. The molecule has 0 fully saturated rings. The lowest BCUT2D eigenvalue weighted by Gasteiger charge is -2.19. The maximum absolute atomic E-state index is 12.2. The molecule has 0 unspecified atom stereocenters. The number of amides is 2. The van der Waals surface area contributed by atoms with Crippen LogP contribution in [-0.4, -0.2) is 34.8 Å². The van der Waals surface area contributed by atoms with Crippen LogP contribution in [0.5, 0.6) is 11.5 Å². The monoisotopic (exact) mass is 344 g/mol. The van der Waals surface area contributed by atoms with Crippen LogP contribution in [0.1, 0.15) is 31.9 Å². The van der Waals surface area contributed by atoms with Crippen LogP contribution in [0, 0.1) is 0 Å². The molecule has 0 spiro atoms. The maximum atomic E-state index is 12.2. The smallest absolute Gasteiger partial charge is 0.315 e. The summed E-state index contributed by atoms with van der Waals surface area (Å²) in [7, 11) is 0. The summed E-state index contributed by atoms with van der Waals surface area (Å²) in [5.41, 5.74) is 0.974. The largest absolute Gasteiger partial charge is 0.490 e. The molecule has 2 atom stereocenters. The van der Waals surface area contributed by atoms with E-state index in [1.54, 1.807) is 12.5 Å². The number of rotatable bonds is 5. The molecule has 3 rings (SSSR count). The van der Waals surface area contributed by atoms with Crippen molar-refractivity contribution in [2.24, 2.45) is 0 Å². The summed E-state index contributed by atoms with van der Waals surface area (Å²) >= 11 is 0. The number of fused-ring (bicyclic) bond motifs is 1. The van der Waals surface area contributed by atoms with Crippen molar-refractivity contribution < 1.29 is 14.3 Å². The second-order valence-corrected chi connectivity index (χ2v) is 6.26. The van der Waals surface area contributed by atoms with Crippen molar-refractivity contribution in [3.05, 3.63) is 42.5 Å². The maximum Gasteiger partial charge on any atom is 0.315 e. The van der Waals surface area contributed by atoms with Gasteiger partial charge in [0.2, 0.25) is 0 Å². The van der Waals surface area contributed by atoms with Crippen LogP contribution < -0.4 is 20.1 Å². The van der Waals surface area contributed by atoms with Crippen molar-refractivity contribution in [3.63, 3.8) is 0 Å². The van der Waals surface area contributed by atoms with Crippen LogP contribution in [-0.2, 0) is 6.54 Å². The Labute approximate surface area is 147 Å².